The predicted molar refractivity (Wildman–Crippen MR) is 82.4 cm³/mol. The maximum atomic E-state index is 11.4. The van der Waals surface area contributed by atoms with Crippen molar-refractivity contribution in [2.75, 3.05) is 0 Å². The monoisotopic (exact) mass is 309 g/mol. The van der Waals surface area contributed by atoms with Gasteiger partial charge in [0.05, 0.1) is 0 Å². The lowest BCUT2D eigenvalue weighted by Crippen LogP contribution is -2.39. The van der Waals surface area contributed by atoms with E-state index in [0.717, 1.165) is 10.4 Å². The van der Waals surface area contributed by atoms with E-state index >= 15 is 0 Å². The van der Waals surface area contributed by atoms with Crippen molar-refractivity contribution in [2.45, 2.75) is 25.4 Å². The summed E-state index contributed by atoms with van der Waals surface area (Å²) in [7, 11) is 0. The molecule has 1 aromatic heterocycles. The van der Waals surface area contributed by atoms with E-state index in [0.29, 0.717) is 11.4 Å². The van der Waals surface area contributed by atoms with Gasteiger partial charge in [-0.05, 0) is 36.4 Å². The van der Waals surface area contributed by atoms with Gasteiger partial charge in [0.25, 0.3) is 0 Å². The number of halogens is 1. The minimum absolute atomic E-state index is 0.00131. The molecule has 5 heteroatoms. The first-order chi connectivity index (χ1) is 9.58. The summed E-state index contributed by atoms with van der Waals surface area (Å²) in [6, 6.07) is 10.6. The number of rotatable bonds is 6. The molecule has 0 radical (unpaired) electrons. The smallest absolute Gasteiger partial charge is 0.321 e. The second kappa shape index (κ2) is 6.88. The van der Waals surface area contributed by atoms with Crippen molar-refractivity contribution in [1.29, 1.82) is 0 Å². The van der Waals surface area contributed by atoms with Gasteiger partial charge < -0.3 is 5.11 Å². The number of carboxylic acids is 1. The van der Waals surface area contributed by atoms with Gasteiger partial charge in [-0.2, -0.15) is 0 Å². The fourth-order valence-electron chi connectivity index (χ4n) is 2.02. The molecule has 0 saturated heterocycles. The number of hydrogen-bond donors (Lipinski definition) is 2. The number of thiophene rings is 1. The molecule has 2 aromatic rings. The summed E-state index contributed by atoms with van der Waals surface area (Å²) in [5.74, 6) is -0.867. The molecule has 0 saturated carbocycles. The largest absolute Gasteiger partial charge is 0.480 e. The Morgan fingerprint density at radius 1 is 1.35 bits per heavy atom. The Morgan fingerprint density at radius 3 is 2.70 bits per heavy atom. The van der Waals surface area contributed by atoms with Crippen molar-refractivity contribution in [3.63, 3.8) is 0 Å². The average molecular weight is 310 g/mol. The molecule has 3 nitrogen and oxygen atoms in total. The topological polar surface area (TPSA) is 49.3 Å². The van der Waals surface area contributed by atoms with Gasteiger partial charge in [-0.1, -0.05) is 35.9 Å². The van der Waals surface area contributed by atoms with Crippen LogP contribution in [0.1, 0.15) is 23.4 Å². The number of carboxylic acid groups (broad SMARTS) is 1. The molecule has 1 aromatic carbocycles. The summed E-state index contributed by atoms with van der Waals surface area (Å²) >= 11 is 7.70. The highest BCUT2D eigenvalue weighted by Gasteiger charge is 2.21. The van der Waals surface area contributed by atoms with Crippen molar-refractivity contribution < 1.29 is 9.90 Å². The van der Waals surface area contributed by atoms with Crippen LogP contribution in [0.2, 0.25) is 5.02 Å². The second-order valence-corrected chi connectivity index (χ2v) is 5.98. The third-order valence-electron chi connectivity index (χ3n) is 3.10. The third-order valence-corrected chi connectivity index (χ3v) is 4.52. The Balaban J connectivity index is 2.08. The molecule has 2 atom stereocenters. The number of nitrogens with one attached hydrogen (secondary N) is 1. The van der Waals surface area contributed by atoms with Crippen LogP contribution >= 0.6 is 22.9 Å². The fraction of sp³-hybridized carbons (Fsp3) is 0.267. The van der Waals surface area contributed by atoms with E-state index in [1.807, 2.05) is 42.6 Å². The molecule has 0 bridgehead atoms. The minimum Gasteiger partial charge on any atom is -0.480 e. The first kappa shape index (κ1) is 15.0. The molecule has 0 aliphatic heterocycles. The normalized spacial score (nSPS) is 13.9. The Kier molecular flexibility index (Phi) is 5.17. The Labute approximate surface area is 127 Å². The van der Waals surface area contributed by atoms with Crippen molar-refractivity contribution in [2.24, 2.45) is 0 Å². The van der Waals surface area contributed by atoms with Crippen LogP contribution in [0.5, 0.6) is 0 Å². The third kappa shape index (κ3) is 3.82. The molecule has 0 fully saturated rings. The average Bonchev–Trinajstić information content (AvgIpc) is 2.94. The molecule has 0 amide bonds. The zero-order chi connectivity index (χ0) is 14.5. The van der Waals surface area contributed by atoms with Crippen LogP contribution in [0, 0.1) is 0 Å². The molecule has 0 aliphatic carbocycles. The summed E-state index contributed by atoms with van der Waals surface area (Å²) in [6.45, 7) is 1.97. The zero-order valence-electron chi connectivity index (χ0n) is 11.0. The molecule has 2 unspecified atom stereocenters. The molecule has 2 N–H and O–H groups in total. The summed E-state index contributed by atoms with van der Waals surface area (Å²) in [6.07, 6.45) is 0.366. The zero-order valence-corrected chi connectivity index (χ0v) is 12.6. The molecule has 0 spiro atoms. The minimum atomic E-state index is -0.867. The van der Waals surface area contributed by atoms with Gasteiger partial charge in [0.15, 0.2) is 0 Å². The lowest BCUT2D eigenvalue weighted by atomic mass is 10.0. The van der Waals surface area contributed by atoms with Gasteiger partial charge >= 0.3 is 5.97 Å². The Morgan fingerprint density at radius 2 is 2.10 bits per heavy atom. The Hall–Kier alpha value is -1.36. The molecule has 0 aliphatic rings. The maximum Gasteiger partial charge on any atom is 0.321 e. The SMILES string of the molecule is CC(NC(Cc1ccccc1Cl)C(=O)O)c1cccs1. The van der Waals surface area contributed by atoms with Gasteiger partial charge in [0, 0.05) is 15.9 Å². The quantitative estimate of drug-likeness (QED) is 0.854. The van der Waals surface area contributed by atoms with Crippen molar-refractivity contribution >= 4 is 28.9 Å². The molecular formula is C15H16ClNO2S. The molecule has 20 heavy (non-hydrogen) atoms. The van der Waals surface area contributed by atoms with Crippen LogP contribution in [0.15, 0.2) is 41.8 Å². The van der Waals surface area contributed by atoms with E-state index in [2.05, 4.69) is 5.32 Å². The summed E-state index contributed by atoms with van der Waals surface area (Å²) in [5.41, 5.74) is 0.840. The number of benzene rings is 1. The van der Waals surface area contributed by atoms with Crippen LogP contribution < -0.4 is 5.32 Å². The van der Waals surface area contributed by atoms with E-state index < -0.39 is 12.0 Å². The Bertz CT molecular complexity index is 571. The van der Waals surface area contributed by atoms with Crippen LogP contribution in [0.4, 0.5) is 0 Å². The van der Waals surface area contributed by atoms with E-state index in [4.69, 9.17) is 11.6 Å². The summed E-state index contributed by atoms with van der Waals surface area (Å²) in [4.78, 5) is 12.5. The molecule has 1 heterocycles. The highest BCUT2D eigenvalue weighted by Crippen LogP contribution is 2.21. The van der Waals surface area contributed by atoms with Gasteiger partial charge in [-0.3, -0.25) is 10.1 Å². The maximum absolute atomic E-state index is 11.4. The van der Waals surface area contributed by atoms with E-state index in [-0.39, 0.29) is 6.04 Å². The lowest BCUT2D eigenvalue weighted by Gasteiger charge is -2.20. The van der Waals surface area contributed by atoms with Crippen LogP contribution in [0.3, 0.4) is 0 Å². The van der Waals surface area contributed by atoms with E-state index in [9.17, 15) is 9.90 Å². The van der Waals surface area contributed by atoms with E-state index in [1.54, 1.807) is 17.4 Å². The summed E-state index contributed by atoms with van der Waals surface area (Å²) in [5, 5.41) is 15.1. The van der Waals surface area contributed by atoms with Crippen LogP contribution in [-0.4, -0.2) is 17.1 Å². The molecule has 2 rings (SSSR count). The molecular weight excluding hydrogens is 294 g/mol. The summed E-state index contributed by atoms with van der Waals surface area (Å²) < 4.78 is 0. The van der Waals surface area contributed by atoms with Gasteiger partial charge in [0.2, 0.25) is 0 Å². The van der Waals surface area contributed by atoms with Crippen molar-refractivity contribution in [3.05, 3.63) is 57.2 Å². The van der Waals surface area contributed by atoms with Gasteiger partial charge in [0.1, 0.15) is 6.04 Å². The lowest BCUT2D eigenvalue weighted by molar-refractivity contribution is -0.139. The van der Waals surface area contributed by atoms with Crippen LogP contribution in [-0.2, 0) is 11.2 Å². The highest BCUT2D eigenvalue weighted by molar-refractivity contribution is 7.10. The predicted octanol–water partition coefficient (Wildman–Crippen LogP) is 3.75. The molecule has 106 valence electrons. The number of hydrogen-bond acceptors (Lipinski definition) is 3. The van der Waals surface area contributed by atoms with Crippen LogP contribution in [0.25, 0.3) is 0 Å². The van der Waals surface area contributed by atoms with Crippen molar-refractivity contribution in [1.82, 2.24) is 5.32 Å². The highest BCUT2D eigenvalue weighted by atomic mass is 35.5. The first-order valence-electron chi connectivity index (χ1n) is 6.33. The van der Waals surface area contributed by atoms with Crippen molar-refractivity contribution in [3.8, 4) is 0 Å². The van der Waals surface area contributed by atoms with Gasteiger partial charge in [-0.15, -0.1) is 11.3 Å². The second-order valence-electron chi connectivity index (χ2n) is 4.59. The first-order valence-corrected chi connectivity index (χ1v) is 7.59. The fourth-order valence-corrected chi connectivity index (χ4v) is 2.98. The van der Waals surface area contributed by atoms with E-state index in [1.165, 1.54) is 0 Å². The number of carbonyl (C=O) groups is 1. The van der Waals surface area contributed by atoms with Gasteiger partial charge in [-0.25, -0.2) is 0 Å². The number of aliphatic carboxylic acids is 1. The standard InChI is InChI=1S/C15H16ClNO2S/c1-10(14-7-4-8-20-14)17-13(15(18)19)9-11-5-2-3-6-12(11)16/h2-8,10,13,17H,9H2,1H3,(H,18,19).